The van der Waals surface area contributed by atoms with Gasteiger partial charge in [-0.25, -0.2) is 15.0 Å². The molecule has 0 spiro atoms. The van der Waals surface area contributed by atoms with Crippen molar-refractivity contribution in [3.05, 3.63) is 504 Å². The molecule has 0 radical (unpaired) electrons. The lowest BCUT2D eigenvalue weighted by molar-refractivity contribution is 0.591. The lowest BCUT2D eigenvalue weighted by atomic mass is 9.96. The van der Waals surface area contributed by atoms with Crippen molar-refractivity contribution in [3.8, 4) is 44.5 Å². The molecular weight excluding hydrogens is 1730 g/mol. The molecule has 6 aromatic heterocycles. The van der Waals surface area contributed by atoms with E-state index in [0.29, 0.717) is 0 Å². The molecule has 0 aliphatic carbocycles. The molecule has 27 rings (SSSR count). The molecule has 0 unspecified atom stereocenters. The lowest BCUT2D eigenvalue weighted by Crippen LogP contribution is -2.24. The quantitative estimate of drug-likeness (QED) is 0.0842. The number of aromatic nitrogens is 6. The summed E-state index contributed by atoms with van der Waals surface area (Å²) in [6.45, 7) is 0. The van der Waals surface area contributed by atoms with E-state index < -0.39 is 21.4 Å². The Morgan fingerprint density at radius 2 is 0.365 bits per heavy atom. The second kappa shape index (κ2) is 33.8. The smallest absolute Gasteiger partial charge is 0.171 e. The van der Waals surface area contributed by atoms with Crippen LogP contribution in [0.5, 0.6) is 0 Å². The van der Waals surface area contributed by atoms with Crippen molar-refractivity contribution in [2.45, 2.75) is 0 Å². The minimum absolute atomic E-state index is 0.826. The molecule has 6 heterocycles. The summed E-state index contributed by atoms with van der Waals surface area (Å²) in [5.41, 5.74) is 21.8. The minimum atomic E-state index is -3.04. The zero-order chi connectivity index (χ0) is 91.3. The maximum absolute atomic E-state index is 14.9. The van der Waals surface area contributed by atoms with E-state index in [1.807, 2.05) is 224 Å². The van der Waals surface area contributed by atoms with Gasteiger partial charge in [-0.1, -0.05) is 400 Å². The average Bonchev–Trinajstić information content (AvgIpc) is 1.66. The fraction of sp³-hybridized carbons (Fsp3) is 0. The molecule has 0 fully saturated rings. The fourth-order valence-electron chi connectivity index (χ4n) is 20.6. The molecule has 0 saturated carbocycles. The van der Waals surface area contributed by atoms with Crippen LogP contribution in [0, 0.1) is 0 Å². The van der Waals surface area contributed by atoms with Gasteiger partial charge in [-0.15, -0.1) is 0 Å². The fourth-order valence-corrected chi connectivity index (χ4v) is 28.6. The van der Waals surface area contributed by atoms with E-state index in [1.54, 1.807) is 0 Å². The molecule has 12 heteroatoms. The highest BCUT2D eigenvalue weighted by Crippen LogP contribution is 2.48. The van der Waals surface area contributed by atoms with Gasteiger partial charge in [-0.05, 0) is 185 Å². The Morgan fingerprint density at radius 3 is 0.723 bits per heavy atom. The molecular formula is C125H83N6O3P3. The molecule has 0 saturated heterocycles. The molecule has 0 atom stereocenters. The Hall–Kier alpha value is -16.8. The molecule has 0 bridgehead atoms. The SMILES string of the molecule is O=P(c1ccccc1)(c1ccccc1)c1ccc(-c2ccc3c4ccccc4n4c5ccccc5nc4c3c2)cc1.O=P(c1ccccc1)(c1ccccc1)c1ccc2cc(-c3ccc(-c4ccc5c(c4)c4ccccc4n4c6ccccc6nc54)cc3)ccc2c1.O=P(c1ccccc1)(c1ccccc1)c1ccc2cc(-c3ccc4c5ccccc5n5c6ccccc6nc5c4c3)ccc2c1. The number of benzene rings is 21. The number of rotatable bonds is 13. The number of fused-ring (bicyclic) bond motifs is 26. The number of para-hydroxylation sites is 9. The number of nitrogens with zero attached hydrogens (tertiary/aromatic N) is 6. The van der Waals surface area contributed by atoms with Crippen molar-refractivity contribution in [1.82, 2.24) is 28.2 Å². The van der Waals surface area contributed by atoms with Crippen LogP contribution >= 0.6 is 21.4 Å². The van der Waals surface area contributed by atoms with Crippen molar-refractivity contribution < 1.29 is 13.7 Å². The van der Waals surface area contributed by atoms with E-state index in [0.717, 1.165) is 185 Å². The van der Waals surface area contributed by atoms with Gasteiger partial charge in [0, 0.05) is 80.1 Å². The van der Waals surface area contributed by atoms with Gasteiger partial charge < -0.3 is 13.7 Å². The van der Waals surface area contributed by atoms with Crippen LogP contribution in [-0.4, -0.2) is 28.2 Å². The Morgan fingerprint density at radius 1 is 0.146 bits per heavy atom. The van der Waals surface area contributed by atoms with Crippen molar-refractivity contribution in [1.29, 1.82) is 0 Å². The Bertz CT molecular complexity index is 9510. The van der Waals surface area contributed by atoms with Crippen LogP contribution in [0.25, 0.3) is 181 Å². The summed E-state index contributed by atoms with van der Waals surface area (Å²) >= 11 is 0. The van der Waals surface area contributed by atoms with E-state index in [2.05, 4.69) is 292 Å². The molecule has 21 aromatic carbocycles. The molecule has 9 nitrogen and oxygen atoms in total. The molecule has 0 aliphatic heterocycles. The van der Waals surface area contributed by atoms with Crippen LogP contribution in [0.15, 0.2) is 504 Å². The number of pyridine rings is 3. The van der Waals surface area contributed by atoms with Gasteiger partial charge in [-0.3, -0.25) is 13.2 Å². The number of hydrogen-bond acceptors (Lipinski definition) is 6. The first kappa shape index (κ1) is 82.2. The predicted molar refractivity (Wildman–Crippen MR) is 578 cm³/mol. The summed E-state index contributed by atoms with van der Waals surface area (Å²) in [5.74, 6) is 0. The van der Waals surface area contributed by atoms with Crippen molar-refractivity contribution in [2.24, 2.45) is 0 Å². The van der Waals surface area contributed by atoms with Crippen LogP contribution in [0.1, 0.15) is 0 Å². The second-order valence-corrected chi connectivity index (χ2v) is 43.4. The van der Waals surface area contributed by atoms with Gasteiger partial charge >= 0.3 is 0 Å². The molecule has 137 heavy (non-hydrogen) atoms. The lowest BCUT2D eigenvalue weighted by Gasteiger charge is -2.20. The largest absolute Gasteiger partial charge is 0.309 e. The highest BCUT2D eigenvalue weighted by atomic mass is 31.2. The Labute approximate surface area is 790 Å². The molecule has 0 N–H and O–H groups in total. The van der Waals surface area contributed by atoms with E-state index in [1.165, 1.54) is 43.4 Å². The van der Waals surface area contributed by atoms with Crippen LogP contribution < -0.4 is 47.7 Å². The van der Waals surface area contributed by atoms with Crippen LogP contribution in [0.4, 0.5) is 0 Å². The van der Waals surface area contributed by atoms with Crippen molar-refractivity contribution in [2.75, 3.05) is 0 Å². The summed E-state index contributed by atoms with van der Waals surface area (Å²) < 4.78 is 51.5. The summed E-state index contributed by atoms with van der Waals surface area (Å²) in [6, 6.07) is 173. The van der Waals surface area contributed by atoms with Gasteiger partial charge in [0.2, 0.25) is 0 Å². The van der Waals surface area contributed by atoms with E-state index in [9.17, 15) is 13.7 Å². The van der Waals surface area contributed by atoms with Gasteiger partial charge in [0.25, 0.3) is 0 Å². The summed E-state index contributed by atoms with van der Waals surface area (Å²) in [5, 5.41) is 22.5. The Balaban J connectivity index is 0.000000110. The van der Waals surface area contributed by atoms with E-state index >= 15 is 0 Å². The van der Waals surface area contributed by atoms with Crippen LogP contribution in [0.3, 0.4) is 0 Å². The third-order valence-electron chi connectivity index (χ3n) is 27.3. The standard InChI is InChI=1S/C47H31N2OP.C41H27N2OP.C37H25N2OP/c50-51(38-11-3-1-4-12-38,39-13-5-2-6-14-39)40-27-25-35-29-34(23-24-36(35)30-40)32-19-21-33(22-20-32)37-26-28-42-43(31-37)41-15-7-9-17-45(41)49-46-18-10-8-16-44(46)48-47(42)49;44-45(32-11-3-1-4-12-32,33-13-5-2-6-14-33)34-23-21-29-25-28(19-20-30(29)26-34)31-22-24-35-36-15-7-9-17-39(36)43-40-18-10-8-16-38(40)42-41(43)37(35)27-31;40-41(28-11-3-1-4-12-28,29-13-5-2-6-14-29)30-22-19-26(20-23-30)27-21-24-31-32-15-7-9-17-35(32)39-36-18-10-8-16-34(36)38-37(39)33(31)25-27/h1-31H;1-27H;1-25H. The molecule has 0 aliphatic rings. The summed E-state index contributed by atoms with van der Waals surface area (Å²) in [7, 11) is -9.10. The summed E-state index contributed by atoms with van der Waals surface area (Å²) in [4.78, 5) is 15.2. The predicted octanol–water partition coefficient (Wildman–Crippen LogP) is 28.3. The van der Waals surface area contributed by atoms with Crippen LogP contribution in [0.2, 0.25) is 0 Å². The van der Waals surface area contributed by atoms with Crippen molar-refractivity contribution >= 4 is 206 Å². The first-order valence-electron chi connectivity index (χ1n) is 46.2. The molecule has 27 aromatic rings. The van der Waals surface area contributed by atoms with E-state index in [4.69, 9.17) is 15.0 Å². The number of hydrogen-bond donors (Lipinski definition) is 0. The topological polar surface area (TPSA) is 103 Å². The van der Waals surface area contributed by atoms with E-state index in [-0.39, 0.29) is 0 Å². The third kappa shape index (κ3) is 14.0. The zero-order valence-corrected chi connectivity index (χ0v) is 76.9. The average molecular weight is 1810 g/mol. The highest BCUT2D eigenvalue weighted by Gasteiger charge is 2.34. The molecule has 646 valence electrons. The second-order valence-electron chi connectivity index (χ2n) is 35.1. The minimum Gasteiger partial charge on any atom is -0.309 e. The molecule has 0 amide bonds. The van der Waals surface area contributed by atoms with Gasteiger partial charge in [0.1, 0.15) is 16.9 Å². The zero-order valence-electron chi connectivity index (χ0n) is 74.2. The normalized spacial score (nSPS) is 12.0. The maximum Gasteiger partial charge on any atom is 0.171 e. The third-order valence-corrected chi connectivity index (χ3v) is 36.5. The first-order valence-corrected chi connectivity index (χ1v) is 51.3. The summed E-state index contributed by atoms with van der Waals surface area (Å²) in [6.07, 6.45) is 0. The first-order chi connectivity index (χ1) is 67.5. The highest BCUT2D eigenvalue weighted by molar-refractivity contribution is 7.86. The van der Waals surface area contributed by atoms with Crippen LogP contribution in [-0.2, 0) is 13.7 Å². The van der Waals surface area contributed by atoms with Gasteiger partial charge in [0.15, 0.2) is 21.4 Å². The maximum atomic E-state index is 14.9. The monoisotopic (exact) mass is 1810 g/mol. The van der Waals surface area contributed by atoms with Gasteiger partial charge in [0.05, 0.1) is 49.7 Å². The Kier molecular flexibility index (Phi) is 20.2. The number of imidazole rings is 3. The van der Waals surface area contributed by atoms with Crippen molar-refractivity contribution in [3.63, 3.8) is 0 Å². The van der Waals surface area contributed by atoms with Gasteiger partial charge in [-0.2, -0.15) is 0 Å².